The first-order chi connectivity index (χ1) is 9.25. The average Bonchev–Trinajstić information content (AvgIpc) is 2.45. The molecule has 0 atom stereocenters. The highest BCUT2D eigenvalue weighted by atomic mass is 16.1. The van der Waals surface area contributed by atoms with Gasteiger partial charge in [0.15, 0.2) is 0 Å². The molecule has 0 aliphatic rings. The predicted molar refractivity (Wildman–Crippen MR) is 74.0 cm³/mol. The van der Waals surface area contributed by atoms with Gasteiger partial charge in [0.2, 0.25) is 5.95 Å². The molecule has 0 bridgehead atoms. The first kappa shape index (κ1) is 13.0. The largest absolute Gasteiger partial charge is 0.352 e. The van der Waals surface area contributed by atoms with E-state index in [1.807, 2.05) is 31.2 Å². The van der Waals surface area contributed by atoms with Gasteiger partial charge in [-0.1, -0.05) is 17.7 Å². The van der Waals surface area contributed by atoms with Crippen molar-refractivity contribution in [1.29, 1.82) is 0 Å². The smallest absolute Gasteiger partial charge is 0.251 e. The number of amides is 1. The van der Waals surface area contributed by atoms with Crippen molar-refractivity contribution in [2.45, 2.75) is 6.92 Å². The van der Waals surface area contributed by atoms with E-state index in [4.69, 9.17) is 0 Å². The molecule has 0 saturated carbocycles. The van der Waals surface area contributed by atoms with E-state index < -0.39 is 0 Å². The van der Waals surface area contributed by atoms with Crippen molar-refractivity contribution >= 4 is 11.9 Å². The minimum atomic E-state index is -0.0734. The summed E-state index contributed by atoms with van der Waals surface area (Å²) in [5, 5.41) is 5.86. The molecule has 1 aromatic carbocycles. The molecular formula is C14H16N4O. The Morgan fingerprint density at radius 1 is 1.11 bits per heavy atom. The summed E-state index contributed by atoms with van der Waals surface area (Å²) < 4.78 is 0. The molecule has 19 heavy (non-hydrogen) atoms. The molecule has 0 aliphatic carbocycles. The molecule has 2 N–H and O–H groups in total. The second kappa shape index (κ2) is 6.49. The van der Waals surface area contributed by atoms with Crippen LogP contribution in [-0.4, -0.2) is 29.0 Å². The Kier molecular flexibility index (Phi) is 4.44. The molecule has 1 aromatic heterocycles. The third kappa shape index (κ3) is 4.06. The fourth-order valence-corrected chi connectivity index (χ4v) is 1.55. The fraction of sp³-hybridized carbons (Fsp3) is 0.214. The first-order valence-electron chi connectivity index (χ1n) is 6.11. The van der Waals surface area contributed by atoms with Crippen LogP contribution < -0.4 is 10.6 Å². The molecule has 98 valence electrons. The Morgan fingerprint density at radius 3 is 2.47 bits per heavy atom. The van der Waals surface area contributed by atoms with E-state index in [2.05, 4.69) is 20.6 Å². The van der Waals surface area contributed by atoms with Crippen molar-refractivity contribution in [3.8, 4) is 0 Å². The number of benzene rings is 1. The van der Waals surface area contributed by atoms with E-state index in [1.165, 1.54) is 0 Å². The van der Waals surface area contributed by atoms with Gasteiger partial charge in [-0.15, -0.1) is 0 Å². The van der Waals surface area contributed by atoms with E-state index >= 15 is 0 Å². The van der Waals surface area contributed by atoms with Crippen molar-refractivity contribution in [3.63, 3.8) is 0 Å². The number of anilines is 1. The molecule has 0 saturated heterocycles. The van der Waals surface area contributed by atoms with E-state index in [0.717, 1.165) is 5.56 Å². The summed E-state index contributed by atoms with van der Waals surface area (Å²) in [5.74, 6) is 0.489. The van der Waals surface area contributed by atoms with Crippen LogP contribution in [0.1, 0.15) is 15.9 Å². The Labute approximate surface area is 112 Å². The van der Waals surface area contributed by atoms with Crippen molar-refractivity contribution in [1.82, 2.24) is 15.3 Å². The third-order valence-electron chi connectivity index (χ3n) is 2.57. The second-order valence-electron chi connectivity index (χ2n) is 4.12. The Balaban J connectivity index is 1.74. The molecule has 5 heteroatoms. The molecule has 1 heterocycles. The van der Waals surface area contributed by atoms with Gasteiger partial charge in [0.25, 0.3) is 5.91 Å². The summed E-state index contributed by atoms with van der Waals surface area (Å²) in [7, 11) is 0. The maximum atomic E-state index is 11.8. The number of carbonyl (C=O) groups is 1. The highest BCUT2D eigenvalue weighted by molar-refractivity contribution is 5.94. The highest BCUT2D eigenvalue weighted by Gasteiger charge is 2.03. The summed E-state index contributed by atoms with van der Waals surface area (Å²) in [6.07, 6.45) is 3.33. The maximum absolute atomic E-state index is 11.8. The molecule has 0 fully saturated rings. The van der Waals surface area contributed by atoms with Crippen molar-refractivity contribution < 1.29 is 4.79 Å². The number of nitrogens with one attached hydrogen (secondary N) is 2. The lowest BCUT2D eigenvalue weighted by atomic mass is 10.1. The van der Waals surface area contributed by atoms with Crippen LogP contribution in [0.3, 0.4) is 0 Å². The van der Waals surface area contributed by atoms with Gasteiger partial charge in [0.05, 0.1) is 0 Å². The number of hydrogen-bond donors (Lipinski definition) is 2. The quantitative estimate of drug-likeness (QED) is 0.798. The normalized spacial score (nSPS) is 9.95. The number of aromatic nitrogens is 2. The minimum absolute atomic E-state index is 0.0734. The summed E-state index contributed by atoms with van der Waals surface area (Å²) >= 11 is 0. The zero-order chi connectivity index (χ0) is 13.5. The van der Waals surface area contributed by atoms with Gasteiger partial charge in [-0.25, -0.2) is 9.97 Å². The zero-order valence-corrected chi connectivity index (χ0v) is 10.8. The average molecular weight is 256 g/mol. The lowest BCUT2D eigenvalue weighted by Gasteiger charge is -2.06. The summed E-state index contributed by atoms with van der Waals surface area (Å²) in [6, 6.07) is 9.23. The third-order valence-corrected chi connectivity index (χ3v) is 2.57. The molecule has 0 unspecified atom stereocenters. The fourth-order valence-electron chi connectivity index (χ4n) is 1.55. The summed E-state index contributed by atoms with van der Waals surface area (Å²) in [4.78, 5) is 19.9. The van der Waals surface area contributed by atoms with E-state index in [1.54, 1.807) is 18.5 Å². The Bertz CT molecular complexity index is 525. The molecule has 2 aromatic rings. The lowest BCUT2D eigenvalue weighted by molar-refractivity contribution is 0.0955. The molecule has 0 spiro atoms. The van der Waals surface area contributed by atoms with Crippen LogP contribution >= 0.6 is 0 Å². The molecular weight excluding hydrogens is 240 g/mol. The highest BCUT2D eigenvalue weighted by Crippen LogP contribution is 2.02. The van der Waals surface area contributed by atoms with Gasteiger partial charge in [0, 0.05) is 31.0 Å². The number of rotatable bonds is 5. The molecule has 0 aliphatic heterocycles. The van der Waals surface area contributed by atoms with E-state index in [-0.39, 0.29) is 5.91 Å². The van der Waals surface area contributed by atoms with Crippen molar-refractivity contribution in [2.75, 3.05) is 18.4 Å². The van der Waals surface area contributed by atoms with Crippen LogP contribution in [0.15, 0.2) is 42.7 Å². The van der Waals surface area contributed by atoms with Gasteiger partial charge >= 0.3 is 0 Å². The number of nitrogens with zero attached hydrogens (tertiary/aromatic N) is 2. The Hall–Kier alpha value is -2.43. The minimum Gasteiger partial charge on any atom is -0.352 e. The Morgan fingerprint density at radius 2 is 1.79 bits per heavy atom. The monoisotopic (exact) mass is 256 g/mol. The topological polar surface area (TPSA) is 66.9 Å². The van der Waals surface area contributed by atoms with Crippen LogP contribution in [0.4, 0.5) is 5.95 Å². The molecule has 0 radical (unpaired) electrons. The van der Waals surface area contributed by atoms with Crippen LogP contribution in [0.2, 0.25) is 0 Å². The van der Waals surface area contributed by atoms with Crippen LogP contribution in [-0.2, 0) is 0 Å². The second-order valence-corrected chi connectivity index (χ2v) is 4.12. The zero-order valence-electron chi connectivity index (χ0n) is 10.8. The lowest BCUT2D eigenvalue weighted by Crippen LogP contribution is -2.29. The number of carbonyl (C=O) groups excluding carboxylic acids is 1. The SMILES string of the molecule is Cc1ccc(C(=O)NCCNc2ncccn2)cc1. The van der Waals surface area contributed by atoms with E-state index in [0.29, 0.717) is 24.6 Å². The van der Waals surface area contributed by atoms with Crippen LogP contribution in [0.25, 0.3) is 0 Å². The summed E-state index contributed by atoms with van der Waals surface area (Å²) in [6.45, 7) is 3.10. The number of aryl methyl sites for hydroxylation is 1. The van der Waals surface area contributed by atoms with Gasteiger partial charge in [0.1, 0.15) is 0 Å². The van der Waals surface area contributed by atoms with E-state index in [9.17, 15) is 4.79 Å². The first-order valence-corrected chi connectivity index (χ1v) is 6.11. The van der Waals surface area contributed by atoms with Crippen molar-refractivity contribution in [3.05, 3.63) is 53.9 Å². The maximum Gasteiger partial charge on any atom is 0.251 e. The van der Waals surface area contributed by atoms with Gasteiger partial charge in [-0.3, -0.25) is 4.79 Å². The van der Waals surface area contributed by atoms with Crippen LogP contribution in [0.5, 0.6) is 0 Å². The van der Waals surface area contributed by atoms with Crippen molar-refractivity contribution in [2.24, 2.45) is 0 Å². The molecule has 2 rings (SSSR count). The van der Waals surface area contributed by atoms with Gasteiger partial charge < -0.3 is 10.6 Å². The van der Waals surface area contributed by atoms with Crippen LogP contribution in [0, 0.1) is 6.92 Å². The predicted octanol–water partition coefficient (Wildman–Crippen LogP) is 1.63. The standard InChI is InChI=1S/C14H16N4O/c1-11-3-5-12(6-4-11)13(19)15-9-10-18-14-16-7-2-8-17-14/h2-8H,9-10H2,1H3,(H,15,19)(H,16,17,18). The van der Waals surface area contributed by atoms with Gasteiger partial charge in [-0.2, -0.15) is 0 Å². The van der Waals surface area contributed by atoms with Gasteiger partial charge in [-0.05, 0) is 25.1 Å². The molecule has 5 nitrogen and oxygen atoms in total. The number of hydrogen-bond acceptors (Lipinski definition) is 4. The molecule has 1 amide bonds. The summed E-state index contributed by atoms with van der Waals surface area (Å²) in [5.41, 5.74) is 1.81.